The van der Waals surface area contributed by atoms with Crippen LogP contribution in [0.25, 0.3) is 0 Å². The smallest absolute Gasteiger partial charge is 0.335 e. The Hall–Kier alpha value is -2.33. The summed E-state index contributed by atoms with van der Waals surface area (Å²) in [5, 5.41) is 15.7. The first-order valence-corrected chi connectivity index (χ1v) is 7.22. The maximum Gasteiger partial charge on any atom is 0.335 e. The van der Waals surface area contributed by atoms with Crippen LogP contribution in [-0.2, 0) is 0 Å². The topological polar surface area (TPSA) is 52.9 Å². The maximum atomic E-state index is 11.0. The third kappa shape index (κ3) is 4.09. The van der Waals surface area contributed by atoms with Gasteiger partial charge in [0.25, 0.3) is 0 Å². The van der Waals surface area contributed by atoms with Gasteiger partial charge in [0.1, 0.15) is 0 Å². The molecule has 0 aliphatic heterocycles. The van der Waals surface area contributed by atoms with Crippen LogP contribution in [0.3, 0.4) is 0 Å². The van der Waals surface area contributed by atoms with E-state index < -0.39 is 5.97 Å². The summed E-state index contributed by atoms with van der Waals surface area (Å²) in [6.45, 7) is 2.02. The number of carboxylic acid groups (broad SMARTS) is 1. The molecule has 1 atom stereocenters. The second-order valence-corrected chi connectivity index (χ2v) is 5.42. The number of hydrazone groups is 1. The van der Waals surface area contributed by atoms with E-state index in [0.717, 1.165) is 11.3 Å². The number of anilines is 1. The lowest BCUT2D eigenvalue weighted by Crippen LogP contribution is -2.11. The van der Waals surface area contributed by atoms with Crippen LogP contribution in [0.5, 0.6) is 0 Å². The van der Waals surface area contributed by atoms with Gasteiger partial charge in [0.05, 0.1) is 11.3 Å². The average molecular weight is 317 g/mol. The van der Waals surface area contributed by atoms with E-state index >= 15 is 0 Å². The van der Waals surface area contributed by atoms with E-state index in [1.54, 1.807) is 36.5 Å². The third-order valence-electron chi connectivity index (χ3n) is 3.30. The zero-order chi connectivity index (χ0) is 16.1. The summed E-state index contributed by atoms with van der Waals surface area (Å²) in [5.41, 5.74) is 2.03. The Labute approximate surface area is 134 Å². The molecule has 0 aliphatic carbocycles. The molecule has 0 saturated carbocycles. The molecule has 114 valence electrons. The van der Waals surface area contributed by atoms with Crippen molar-refractivity contribution in [1.82, 2.24) is 0 Å². The maximum absolute atomic E-state index is 11.0. The Bertz CT molecular complexity index is 701. The van der Waals surface area contributed by atoms with Gasteiger partial charge in [0.2, 0.25) is 0 Å². The molecule has 1 N–H and O–H groups in total. The van der Waals surface area contributed by atoms with Crippen molar-refractivity contribution in [2.75, 3.05) is 12.1 Å². The zero-order valence-corrected chi connectivity index (χ0v) is 13.2. The molecule has 2 rings (SSSR count). The quantitative estimate of drug-likeness (QED) is 0.662. The molecule has 0 aliphatic rings. The van der Waals surface area contributed by atoms with E-state index in [1.165, 1.54) is 0 Å². The molecule has 0 radical (unpaired) electrons. The van der Waals surface area contributed by atoms with E-state index in [9.17, 15) is 4.79 Å². The number of benzene rings is 2. The SMILES string of the molecule is CC(/C=N\N(C)c1cccc(C(=O)O)c1)c1cccc(Cl)c1. The highest BCUT2D eigenvalue weighted by atomic mass is 35.5. The zero-order valence-electron chi connectivity index (χ0n) is 12.4. The highest BCUT2D eigenvalue weighted by Crippen LogP contribution is 2.19. The largest absolute Gasteiger partial charge is 0.478 e. The predicted molar refractivity (Wildman–Crippen MR) is 90.2 cm³/mol. The first-order valence-electron chi connectivity index (χ1n) is 6.84. The molecule has 0 spiro atoms. The van der Waals surface area contributed by atoms with Crippen LogP contribution in [-0.4, -0.2) is 24.3 Å². The number of hydrogen-bond acceptors (Lipinski definition) is 3. The molecule has 0 heterocycles. The van der Waals surface area contributed by atoms with Crippen LogP contribution in [0.2, 0.25) is 5.02 Å². The van der Waals surface area contributed by atoms with E-state index in [1.807, 2.05) is 37.3 Å². The average Bonchev–Trinajstić information content (AvgIpc) is 2.52. The van der Waals surface area contributed by atoms with Crippen molar-refractivity contribution in [3.05, 3.63) is 64.7 Å². The normalized spacial score (nSPS) is 12.3. The Morgan fingerprint density at radius 1 is 1.27 bits per heavy atom. The van der Waals surface area contributed by atoms with Crippen LogP contribution in [0, 0.1) is 0 Å². The lowest BCUT2D eigenvalue weighted by molar-refractivity contribution is 0.0697. The molecule has 2 aromatic carbocycles. The molecule has 0 saturated heterocycles. The number of carboxylic acids is 1. The van der Waals surface area contributed by atoms with Gasteiger partial charge >= 0.3 is 5.97 Å². The number of hydrogen-bond donors (Lipinski definition) is 1. The molecule has 0 fully saturated rings. The molecule has 22 heavy (non-hydrogen) atoms. The molecular formula is C17H17ClN2O2. The van der Waals surface area contributed by atoms with Crippen molar-refractivity contribution < 1.29 is 9.90 Å². The van der Waals surface area contributed by atoms with Crippen molar-refractivity contribution in [2.45, 2.75) is 12.8 Å². The van der Waals surface area contributed by atoms with Gasteiger partial charge in [-0.1, -0.05) is 36.7 Å². The Kier molecular flexibility index (Phi) is 5.17. The standard InChI is InChI=1S/C17H17ClN2O2/c1-12(13-5-3-7-15(18)9-13)11-19-20(2)16-8-4-6-14(10-16)17(21)22/h3-12H,1-2H3,(H,21,22)/b19-11-. The summed E-state index contributed by atoms with van der Waals surface area (Å²) < 4.78 is 0. The molecule has 0 aromatic heterocycles. The first-order chi connectivity index (χ1) is 10.5. The van der Waals surface area contributed by atoms with Crippen LogP contribution in [0.4, 0.5) is 5.69 Å². The van der Waals surface area contributed by atoms with Gasteiger partial charge in [-0.2, -0.15) is 5.10 Å². The minimum atomic E-state index is -0.952. The summed E-state index contributed by atoms with van der Waals surface area (Å²) in [4.78, 5) is 11.0. The van der Waals surface area contributed by atoms with Crippen molar-refractivity contribution in [2.24, 2.45) is 5.10 Å². The molecule has 0 amide bonds. The summed E-state index contributed by atoms with van der Waals surface area (Å²) >= 11 is 5.98. The minimum Gasteiger partial charge on any atom is -0.478 e. The Balaban J connectivity index is 2.12. The molecular weight excluding hydrogens is 300 g/mol. The number of rotatable bonds is 5. The molecule has 2 aromatic rings. The monoisotopic (exact) mass is 316 g/mol. The van der Waals surface area contributed by atoms with Gasteiger partial charge in [-0.25, -0.2) is 4.79 Å². The van der Waals surface area contributed by atoms with E-state index in [4.69, 9.17) is 16.7 Å². The van der Waals surface area contributed by atoms with Crippen LogP contribution < -0.4 is 5.01 Å². The molecule has 0 bridgehead atoms. The third-order valence-corrected chi connectivity index (χ3v) is 3.54. The van der Waals surface area contributed by atoms with Crippen molar-refractivity contribution in [3.63, 3.8) is 0 Å². The van der Waals surface area contributed by atoms with Crippen LogP contribution in [0.1, 0.15) is 28.8 Å². The van der Waals surface area contributed by atoms with E-state index in [0.29, 0.717) is 5.02 Å². The second kappa shape index (κ2) is 7.09. The van der Waals surface area contributed by atoms with Crippen molar-refractivity contribution in [3.8, 4) is 0 Å². The Morgan fingerprint density at radius 2 is 2.00 bits per heavy atom. The van der Waals surface area contributed by atoms with Gasteiger partial charge in [-0.3, -0.25) is 5.01 Å². The van der Waals surface area contributed by atoms with E-state index in [2.05, 4.69) is 5.10 Å². The summed E-state index contributed by atoms with van der Waals surface area (Å²) in [6.07, 6.45) is 1.80. The number of halogens is 1. The van der Waals surface area contributed by atoms with Crippen LogP contribution in [0.15, 0.2) is 53.6 Å². The number of carbonyl (C=O) groups is 1. The first kappa shape index (κ1) is 16.0. The molecule has 5 heteroatoms. The van der Waals surface area contributed by atoms with Crippen LogP contribution >= 0.6 is 11.6 Å². The fourth-order valence-electron chi connectivity index (χ4n) is 1.98. The van der Waals surface area contributed by atoms with Gasteiger partial charge in [-0.15, -0.1) is 0 Å². The fraction of sp³-hybridized carbons (Fsp3) is 0.176. The highest BCUT2D eigenvalue weighted by Gasteiger charge is 2.07. The summed E-state index contributed by atoms with van der Waals surface area (Å²) in [5.74, 6) is -0.852. The molecule has 4 nitrogen and oxygen atoms in total. The number of nitrogens with zero attached hydrogens (tertiary/aromatic N) is 2. The summed E-state index contributed by atoms with van der Waals surface area (Å²) in [6, 6.07) is 14.3. The fourth-order valence-corrected chi connectivity index (χ4v) is 2.18. The lowest BCUT2D eigenvalue weighted by atomic mass is 10.0. The lowest BCUT2D eigenvalue weighted by Gasteiger charge is -2.14. The van der Waals surface area contributed by atoms with Gasteiger partial charge in [0, 0.05) is 24.2 Å². The Morgan fingerprint density at radius 3 is 2.68 bits per heavy atom. The minimum absolute atomic E-state index is 0.101. The second-order valence-electron chi connectivity index (χ2n) is 4.99. The summed E-state index contributed by atoms with van der Waals surface area (Å²) in [7, 11) is 1.78. The van der Waals surface area contributed by atoms with Crippen molar-refractivity contribution in [1.29, 1.82) is 0 Å². The predicted octanol–water partition coefficient (Wildman–Crippen LogP) is 4.26. The van der Waals surface area contributed by atoms with Crippen molar-refractivity contribution >= 4 is 29.5 Å². The number of aromatic carboxylic acids is 1. The van der Waals surface area contributed by atoms with E-state index in [-0.39, 0.29) is 11.5 Å². The highest BCUT2D eigenvalue weighted by molar-refractivity contribution is 6.30. The van der Waals surface area contributed by atoms with Gasteiger partial charge in [0.15, 0.2) is 0 Å². The van der Waals surface area contributed by atoms with Gasteiger partial charge < -0.3 is 5.11 Å². The van der Waals surface area contributed by atoms with Gasteiger partial charge in [-0.05, 0) is 35.9 Å². The molecule has 1 unspecified atom stereocenters.